The van der Waals surface area contributed by atoms with Crippen molar-refractivity contribution in [3.05, 3.63) is 24.0 Å². The number of carboxylic acids is 1. The van der Waals surface area contributed by atoms with Crippen molar-refractivity contribution in [2.45, 2.75) is 19.4 Å². The van der Waals surface area contributed by atoms with Crippen LogP contribution in [0.2, 0.25) is 0 Å². The van der Waals surface area contributed by atoms with E-state index in [2.05, 4.69) is 9.88 Å². The van der Waals surface area contributed by atoms with Gasteiger partial charge in [-0.1, -0.05) is 0 Å². The molecule has 6 heteroatoms. The van der Waals surface area contributed by atoms with Gasteiger partial charge in [-0.25, -0.2) is 0 Å². The molecule has 19 heavy (non-hydrogen) atoms. The Hall–Kier alpha value is -1.82. The lowest BCUT2D eigenvalue weighted by molar-refractivity contribution is -0.141. The van der Waals surface area contributed by atoms with Crippen LogP contribution in [0.15, 0.2) is 18.5 Å². The van der Waals surface area contributed by atoms with Crippen molar-refractivity contribution in [2.24, 2.45) is 0 Å². The molecule has 1 aromatic heterocycles. The van der Waals surface area contributed by atoms with E-state index in [0.29, 0.717) is 13.1 Å². The number of aromatic amines is 1. The fourth-order valence-electron chi connectivity index (χ4n) is 2.24. The van der Waals surface area contributed by atoms with Crippen LogP contribution < -0.4 is 0 Å². The summed E-state index contributed by atoms with van der Waals surface area (Å²) in [7, 11) is 0. The molecule has 1 aliphatic heterocycles. The molecule has 0 bridgehead atoms. The second-order valence-electron chi connectivity index (χ2n) is 4.77. The number of carbonyl (C=O) groups excluding carboxylic acids is 1. The molecule has 0 aromatic carbocycles. The lowest BCUT2D eigenvalue weighted by atomic mass is 10.2. The lowest BCUT2D eigenvalue weighted by Crippen LogP contribution is -2.48. The first-order valence-corrected chi connectivity index (χ1v) is 6.49. The number of carbonyl (C=O) groups is 2. The lowest BCUT2D eigenvalue weighted by Gasteiger charge is -2.34. The predicted molar refractivity (Wildman–Crippen MR) is 69.5 cm³/mol. The highest BCUT2D eigenvalue weighted by Gasteiger charge is 2.21. The van der Waals surface area contributed by atoms with Gasteiger partial charge < -0.3 is 15.0 Å². The third kappa shape index (κ3) is 4.10. The molecule has 2 heterocycles. The highest BCUT2D eigenvalue weighted by molar-refractivity contribution is 5.80. The summed E-state index contributed by atoms with van der Waals surface area (Å²) >= 11 is 0. The van der Waals surface area contributed by atoms with E-state index in [1.807, 2.05) is 18.5 Å². The van der Waals surface area contributed by atoms with E-state index in [1.54, 1.807) is 4.90 Å². The van der Waals surface area contributed by atoms with E-state index in [4.69, 9.17) is 5.11 Å². The molecule has 104 valence electrons. The van der Waals surface area contributed by atoms with Gasteiger partial charge in [0.05, 0.1) is 6.42 Å². The van der Waals surface area contributed by atoms with Crippen LogP contribution in [0.5, 0.6) is 0 Å². The number of piperazine rings is 1. The minimum atomic E-state index is -0.917. The molecule has 0 aliphatic carbocycles. The largest absolute Gasteiger partial charge is 0.481 e. The summed E-state index contributed by atoms with van der Waals surface area (Å²) in [6.07, 6.45) is 3.90. The highest BCUT2D eigenvalue weighted by atomic mass is 16.4. The van der Waals surface area contributed by atoms with Gasteiger partial charge in [-0.05, 0) is 11.6 Å². The smallest absolute Gasteiger partial charge is 0.303 e. The number of nitrogens with one attached hydrogen (secondary N) is 1. The second-order valence-corrected chi connectivity index (χ2v) is 4.77. The van der Waals surface area contributed by atoms with Gasteiger partial charge in [-0.15, -0.1) is 0 Å². The van der Waals surface area contributed by atoms with Crippen molar-refractivity contribution < 1.29 is 14.7 Å². The molecule has 2 rings (SSSR count). The SMILES string of the molecule is O=C(O)CCC(=O)N1CCN(Cc2cc[nH]c2)CC1. The van der Waals surface area contributed by atoms with Gasteiger partial charge >= 0.3 is 5.97 Å². The minimum Gasteiger partial charge on any atom is -0.481 e. The first kappa shape index (κ1) is 13.6. The Kier molecular flexibility index (Phi) is 4.57. The van der Waals surface area contributed by atoms with E-state index < -0.39 is 5.97 Å². The Morgan fingerprint density at radius 2 is 1.95 bits per heavy atom. The number of amides is 1. The van der Waals surface area contributed by atoms with Crippen LogP contribution in [-0.2, 0) is 16.1 Å². The maximum absolute atomic E-state index is 11.8. The number of aliphatic carboxylic acids is 1. The summed E-state index contributed by atoms with van der Waals surface area (Å²) in [6, 6.07) is 2.05. The molecule has 1 saturated heterocycles. The zero-order valence-corrected chi connectivity index (χ0v) is 10.8. The van der Waals surface area contributed by atoms with Gasteiger partial charge in [0.2, 0.25) is 5.91 Å². The summed E-state index contributed by atoms with van der Waals surface area (Å²) in [5, 5.41) is 8.56. The number of aromatic nitrogens is 1. The van der Waals surface area contributed by atoms with Gasteiger partial charge in [-0.2, -0.15) is 0 Å². The average molecular weight is 265 g/mol. The monoisotopic (exact) mass is 265 g/mol. The topological polar surface area (TPSA) is 76.6 Å². The van der Waals surface area contributed by atoms with Crippen LogP contribution in [0, 0.1) is 0 Å². The number of H-pyrrole nitrogens is 1. The summed E-state index contributed by atoms with van der Waals surface area (Å²) in [5.41, 5.74) is 1.24. The van der Waals surface area contributed by atoms with Crippen LogP contribution in [0.1, 0.15) is 18.4 Å². The van der Waals surface area contributed by atoms with Gasteiger partial charge in [0.15, 0.2) is 0 Å². The van der Waals surface area contributed by atoms with E-state index in [-0.39, 0.29) is 18.7 Å². The van der Waals surface area contributed by atoms with Crippen molar-refractivity contribution in [1.82, 2.24) is 14.8 Å². The summed E-state index contributed by atoms with van der Waals surface area (Å²) < 4.78 is 0. The molecule has 6 nitrogen and oxygen atoms in total. The molecule has 1 amide bonds. The Labute approximate surface area is 112 Å². The van der Waals surface area contributed by atoms with Gasteiger partial charge in [0.25, 0.3) is 0 Å². The Bertz CT molecular complexity index is 422. The molecular formula is C13H19N3O3. The standard InChI is InChI=1S/C13H19N3O3/c17-12(1-2-13(18)19)16-7-5-15(6-8-16)10-11-3-4-14-9-11/h3-4,9,14H,1-2,5-8,10H2,(H,18,19). The summed E-state index contributed by atoms with van der Waals surface area (Å²) in [5.74, 6) is -0.969. The number of hydrogen-bond donors (Lipinski definition) is 2. The fraction of sp³-hybridized carbons (Fsp3) is 0.538. The molecule has 0 unspecified atom stereocenters. The zero-order valence-electron chi connectivity index (χ0n) is 10.8. The molecule has 2 N–H and O–H groups in total. The average Bonchev–Trinajstić information content (AvgIpc) is 2.89. The van der Waals surface area contributed by atoms with Crippen molar-refractivity contribution in [3.63, 3.8) is 0 Å². The maximum atomic E-state index is 11.8. The van der Waals surface area contributed by atoms with Crippen LogP contribution in [-0.4, -0.2) is 57.9 Å². The minimum absolute atomic E-state index is 0.0521. The number of hydrogen-bond acceptors (Lipinski definition) is 3. The molecule has 1 fully saturated rings. The summed E-state index contributed by atoms with van der Waals surface area (Å²) in [6.45, 7) is 3.93. The Morgan fingerprint density at radius 1 is 1.21 bits per heavy atom. The van der Waals surface area contributed by atoms with Crippen LogP contribution in [0.3, 0.4) is 0 Å². The molecule has 1 aromatic rings. The second kappa shape index (κ2) is 6.38. The predicted octanol–water partition coefficient (Wildman–Crippen LogP) is 0.524. The third-order valence-electron chi connectivity index (χ3n) is 3.35. The van der Waals surface area contributed by atoms with Crippen molar-refractivity contribution in [1.29, 1.82) is 0 Å². The highest BCUT2D eigenvalue weighted by Crippen LogP contribution is 2.09. The molecule has 0 saturated carbocycles. The number of rotatable bonds is 5. The zero-order chi connectivity index (χ0) is 13.7. The fourth-order valence-corrected chi connectivity index (χ4v) is 2.24. The number of nitrogens with zero attached hydrogens (tertiary/aromatic N) is 2. The van der Waals surface area contributed by atoms with Gasteiger partial charge in [-0.3, -0.25) is 14.5 Å². The Morgan fingerprint density at radius 3 is 2.53 bits per heavy atom. The van der Waals surface area contributed by atoms with E-state index in [1.165, 1.54) is 5.56 Å². The Balaban J connectivity index is 1.72. The van der Waals surface area contributed by atoms with E-state index in [0.717, 1.165) is 19.6 Å². The third-order valence-corrected chi connectivity index (χ3v) is 3.35. The van der Waals surface area contributed by atoms with E-state index >= 15 is 0 Å². The molecule has 0 spiro atoms. The van der Waals surface area contributed by atoms with Crippen LogP contribution in [0.25, 0.3) is 0 Å². The van der Waals surface area contributed by atoms with E-state index in [9.17, 15) is 9.59 Å². The van der Waals surface area contributed by atoms with Gasteiger partial charge in [0.1, 0.15) is 0 Å². The van der Waals surface area contributed by atoms with Crippen LogP contribution >= 0.6 is 0 Å². The maximum Gasteiger partial charge on any atom is 0.303 e. The van der Waals surface area contributed by atoms with Crippen molar-refractivity contribution in [2.75, 3.05) is 26.2 Å². The normalized spacial score (nSPS) is 16.5. The molecular weight excluding hydrogens is 246 g/mol. The van der Waals surface area contributed by atoms with Crippen molar-refractivity contribution in [3.8, 4) is 0 Å². The molecule has 0 atom stereocenters. The summed E-state index contributed by atoms with van der Waals surface area (Å²) in [4.78, 5) is 29.3. The first-order chi connectivity index (χ1) is 9.15. The van der Waals surface area contributed by atoms with Gasteiger partial charge in [0, 0.05) is 51.5 Å². The van der Waals surface area contributed by atoms with Crippen LogP contribution in [0.4, 0.5) is 0 Å². The molecule has 1 aliphatic rings. The quantitative estimate of drug-likeness (QED) is 0.814. The molecule has 0 radical (unpaired) electrons. The van der Waals surface area contributed by atoms with Crippen molar-refractivity contribution >= 4 is 11.9 Å². The number of carboxylic acid groups (broad SMARTS) is 1. The first-order valence-electron chi connectivity index (χ1n) is 6.49.